The van der Waals surface area contributed by atoms with Crippen LogP contribution < -0.4 is 65.0 Å². The first-order valence-electron chi connectivity index (χ1n) is 43.2. The van der Waals surface area contributed by atoms with Crippen molar-refractivity contribution < 1.29 is 108 Å². The van der Waals surface area contributed by atoms with Crippen molar-refractivity contribution in [2.24, 2.45) is 5.73 Å². The van der Waals surface area contributed by atoms with Crippen molar-refractivity contribution in [2.75, 3.05) is 49.3 Å². The van der Waals surface area contributed by atoms with Crippen LogP contribution in [-0.2, 0) is 24.0 Å². The number of nitrogens with zero attached hydrogens (tertiary/aromatic N) is 7. The molecule has 28 nitrogen and oxygen atoms in total. The Morgan fingerprint density at radius 2 is 0.636 bits per heavy atom. The number of hydrogen-bond acceptors (Lipinski definition) is 23. The van der Waals surface area contributed by atoms with E-state index in [0.29, 0.717) is 101 Å². The van der Waals surface area contributed by atoms with Crippen LogP contribution in [0.15, 0.2) is 233 Å². The highest BCUT2D eigenvalue weighted by atomic mass is 19.1. The molecule has 0 aliphatic rings. The third-order valence-electron chi connectivity index (χ3n) is 22.0. The van der Waals surface area contributed by atoms with Gasteiger partial charge in [0.05, 0.1) is 88.6 Å². The zero-order valence-electron chi connectivity index (χ0n) is 78.0. The molecule has 0 atom stereocenters. The largest absolute Gasteiger partial charge is 0.493 e. The smallest absolute Gasteiger partial charge is 0.355 e. The number of halogens is 6. The molecule has 0 saturated carbocycles. The maximum atomic E-state index is 15.4. The maximum absolute atomic E-state index is 15.4. The van der Waals surface area contributed by atoms with Gasteiger partial charge in [-0.25, -0.2) is 35.9 Å². The summed E-state index contributed by atoms with van der Waals surface area (Å²) in [4.78, 5) is 132. The summed E-state index contributed by atoms with van der Waals surface area (Å²) < 4.78 is 145. The van der Waals surface area contributed by atoms with Gasteiger partial charge in [0.25, 0.3) is 22.6 Å². The second-order valence-corrected chi connectivity index (χ2v) is 32.0. The number of carboxylic acids is 1. The second-order valence-electron chi connectivity index (χ2n) is 32.0. The number of ether oxygens (including phenoxy) is 10. The number of carbonyl (C=O) groups excluding carboxylic acids is 5. The number of nitriles is 1. The minimum atomic E-state index is -1.38. The number of rotatable bonds is 31. The number of nitrogens with two attached hydrogens (primary N) is 1. The molecule has 0 radical (unpaired) electrons. The van der Waals surface area contributed by atoms with Gasteiger partial charge < -0.3 is 58.2 Å². The number of benzene rings is 9. The van der Waals surface area contributed by atoms with Gasteiger partial charge in [-0.05, 0) is 222 Å². The monoisotopic (exact) mass is 1910 g/mol. The Kier molecular flexibility index (Phi) is 32.6. The van der Waals surface area contributed by atoms with Crippen molar-refractivity contribution in [3.63, 3.8) is 0 Å². The van der Waals surface area contributed by atoms with E-state index in [9.17, 15) is 61.4 Å². The molecule has 718 valence electrons. The Morgan fingerprint density at radius 1 is 0.371 bits per heavy atom. The number of carbonyl (C=O) groups is 6. The Bertz CT molecular complexity index is 7260. The Hall–Kier alpha value is -17.3. The lowest BCUT2D eigenvalue weighted by molar-refractivity contribution is 0.0512. The summed E-state index contributed by atoms with van der Waals surface area (Å²) >= 11 is 0. The van der Waals surface area contributed by atoms with Gasteiger partial charge in [0.1, 0.15) is 51.8 Å². The third-order valence-corrected chi connectivity index (χ3v) is 22.0. The van der Waals surface area contributed by atoms with Crippen molar-refractivity contribution in [1.29, 1.82) is 5.26 Å². The summed E-state index contributed by atoms with van der Waals surface area (Å²) in [6.45, 7) is 13.7. The standard InChI is InChI=1S/C36H32F2N2O7.C34H29F2N3O6.C34H28F2N2O7.C2H3N/c1-6-46-36(43)34-24(20(2)3)17-26(35(42)40(34)23-10-8-22(37)9-11-23)29(41)16-21-7-12-31(27(38)15-21)47-30-13-14-39-28-19-33(45-5)32(44-4)18-25(28)30;1-18(2)22-15-24(34(42)39(32(22)33(37)41)21-8-6-20(35)7-9-21)27(40)14-19-5-10-29(25(36)13-19)45-28-11-12-38-26-17-31(44-4)30(43-3)16-23(26)28;1-18(2)22-15-24(33(40)38(32(22)34(41)42)21-8-6-20(35)7-9-21)27(39)14-19-5-10-29(25(36)13-19)45-28-11-12-37-26-17-31(44-4)30(43-3)16-23(26)28;1-2-3/h7-15,17-20H,6,16H2,1-5H3;5-13,15-18H,14H2,1-4H3,(H2,37,41);5-13,15-18H,14H2,1-4H3,(H,41,42);1H3. The summed E-state index contributed by atoms with van der Waals surface area (Å²) in [5.74, 6) is -6.33. The topological polar surface area (TPSA) is 369 Å². The minimum absolute atomic E-state index is 0.0535. The molecular weight excluding hydrogens is 1820 g/mol. The van der Waals surface area contributed by atoms with Crippen LogP contribution >= 0.6 is 0 Å². The molecule has 0 saturated heterocycles. The molecule has 6 heterocycles. The highest BCUT2D eigenvalue weighted by molar-refractivity contribution is 6.02. The molecule has 0 spiro atoms. The average Bonchev–Trinajstić information content (AvgIpc) is 0.709. The van der Waals surface area contributed by atoms with Crippen LogP contribution in [0.25, 0.3) is 49.8 Å². The van der Waals surface area contributed by atoms with Crippen LogP contribution in [0.3, 0.4) is 0 Å². The third kappa shape index (κ3) is 22.6. The Balaban J connectivity index is 0.000000185. The number of aromatic nitrogens is 6. The molecule has 34 heteroatoms. The molecule has 1 amide bonds. The van der Waals surface area contributed by atoms with Gasteiger partial charge >= 0.3 is 11.9 Å². The highest BCUT2D eigenvalue weighted by Crippen LogP contribution is 2.43. The molecule has 140 heavy (non-hydrogen) atoms. The minimum Gasteiger partial charge on any atom is -0.493 e. The summed E-state index contributed by atoms with van der Waals surface area (Å²) in [6.07, 6.45) is 3.55. The zero-order chi connectivity index (χ0) is 101. The molecule has 0 unspecified atom stereocenters. The predicted octanol–water partition coefficient (Wildman–Crippen LogP) is 20.6. The van der Waals surface area contributed by atoms with Crippen molar-refractivity contribution in [1.82, 2.24) is 28.7 Å². The van der Waals surface area contributed by atoms with Crippen LogP contribution in [0.2, 0.25) is 0 Å². The number of ketones is 3. The number of pyridine rings is 6. The van der Waals surface area contributed by atoms with Gasteiger partial charge in [0.2, 0.25) is 0 Å². The Morgan fingerprint density at radius 3 is 0.893 bits per heavy atom. The van der Waals surface area contributed by atoms with Gasteiger partial charge in [-0.2, -0.15) is 5.26 Å². The molecule has 9 aromatic carbocycles. The Labute approximate surface area is 796 Å². The fourth-order valence-electron chi connectivity index (χ4n) is 15.2. The first-order chi connectivity index (χ1) is 67.0. The summed E-state index contributed by atoms with van der Waals surface area (Å²) in [6, 6.07) is 47.2. The molecule has 0 aliphatic heterocycles. The fourth-order valence-corrected chi connectivity index (χ4v) is 15.2. The normalized spacial score (nSPS) is 10.9. The number of Topliss-reactive ketones (excluding diaryl/α,β-unsaturated/α-hetero) is 3. The average molecular weight is 1910 g/mol. The van der Waals surface area contributed by atoms with Crippen LogP contribution in [0.4, 0.5) is 26.3 Å². The second kappa shape index (κ2) is 44.9. The molecule has 0 bridgehead atoms. The van der Waals surface area contributed by atoms with Gasteiger partial charge in [-0.1, -0.05) is 59.7 Å². The van der Waals surface area contributed by atoms with Crippen molar-refractivity contribution in [2.45, 2.75) is 92.4 Å². The quantitative estimate of drug-likeness (QED) is 0.0231. The van der Waals surface area contributed by atoms with E-state index in [4.69, 9.17) is 58.4 Å². The number of methoxy groups -OCH3 is 6. The van der Waals surface area contributed by atoms with Gasteiger partial charge in [-0.15, -0.1) is 0 Å². The number of carboxylic acid groups (broad SMARTS) is 1. The lowest BCUT2D eigenvalue weighted by Crippen LogP contribution is -2.34. The van der Waals surface area contributed by atoms with E-state index in [1.807, 2.05) is 0 Å². The molecule has 15 rings (SSSR count). The van der Waals surface area contributed by atoms with E-state index in [-0.39, 0.29) is 128 Å². The van der Waals surface area contributed by atoms with Gasteiger partial charge in [-0.3, -0.25) is 62.2 Å². The van der Waals surface area contributed by atoms with E-state index in [1.165, 1.54) is 159 Å². The van der Waals surface area contributed by atoms with Crippen LogP contribution in [-0.4, -0.2) is 118 Å². The molecule has 0 fully saturated rings. The fraction of sp³-hybridized carbons (Fsp3) is 0.198. The lowest BCUT2D eigenvalue weighted by Gasteiger charge is -2.20. The van der Waals surface area contributed by atoms with Crippen molar-refractivity contribution >= 4 is 67.9 Å². The van der Waals surface area contributed by atoms with E-state index < -0.39 is 86.8 Å². The summed E-state index contributed by atoms with van der Waals surface area (Å²) in [7, 11) is 9.00. The van der Waals surface area contributed by atoms with Crippen LogP contribution in [0, 0.1) is 46.2 Å². The number of primary amides is 1. The van der Waals surface area contributed by atoms with E-state index in [0.717, 1.165) is 68.3 Å². The lowest BCUT2D eigenvalue weighted by atomic mass is 9.95. The summed E-state index contributed by atoms with van der Waals surface area (Å²) in [5.41, 5.74) is 5.88. The first-order valence-corrected chi connectivity index (χ1v) is 43.2. The first kappa shape index (κ1) is 102. The highest BCUT2D eigenvalue weighted by Gasteiger charge is 2.32. The van der Waals surface area contributed by atoms with Crippen LogP contribution in [0.5, 0.6) is 69.0 Å². The van der Waals surface area contributed by atoms with Crippen molar-refractivity contribution in [3.05, 3.63) is 352 Å². The predicted molar refractivity (Wildman–Crippen MR) is 509 cm³/mol. The number of amides is 1. The molecule has 3 N–H and O–H groups in total. The van der Waals surface area contributed by atoms with E-state index in [1.54, 1.807) is 109 Å². The maximum Gasteiger partial charge on any atom is 0.355 e. The molecule has 15 aromatic rings. The molecule has 6 aromatic heterocycles. The van der Waals surface area contributed by atoms with Crippen molar-refractivity contribution in [3.8, 4) is 92.1 Å². The zero-order valence-corrected chi connectivity index (χ0v) is 78.0. The van der Waals surface area contributed by atoms with Gasteiger partial charge in [0.15, 0.2) is 86.5 Å². The van der Waals surface area contributed by atoms with E-state index in [2.05, 4.69) is 15.0 Å². The number of aromatic carboxylic acids is 1. The number of fused-ring (bicyclic) bond motifs is 3. The molecule has 0 aliphatic carbocycles. The molecular formula is C106H92F6N8O20. The summed E-state index contributed by atoms with van der Waals surface area (Å²) in [5, 5.41) is 19.0. The number of esters is 1. The van der Waals surface area contributed by atoms with E-state index >= 15 is 13.2 Å². The SMILES string of the molecule is CC#N.CCOC(=O)c1c(C(C)C)cc(C(=O)Cc2ccc(Oc3ccnc4cc(OC)c(OC)cc34)c(F)c2)c(=O)n1-c1ccc(F)cc1.COc1cc2nccc(Oc3ccc(CC(=O)c4cc(C(C)C)c(C(=O)O)n(-c5ccc(F)cc5)c4=O)cc3F)c2cc1OC.COc1cc2nccc(Oc3ccc(CC(=O)c4cc(C(C)C)c(C(N)=O)n(-c5ccc(F)cc5)c4=O)cc3F)c2cc1OC. The van der Waals surface area contributed by atoms with Crippen LogP contribution in [0.1, 0.15) is 169 Å². The number of hydrogen-bond donors (Lipinski definition) is 2. The van der Waals surface area contributed by atoms with Gasteiger partial charge in [0, 0.05) is 96.2 Å².